The molecular formula is C10H12N2O2S. The Bertz CT molecular complexity index is 396. The molecule has 2 aromatic heterocycles. The first kappa shape index (κ1) is 10.3. The van der Waals surface area contributed by atoms with E-state index in [9.17, 15) is 0 Å². The molecule has 5 heteroatoms. The monoisotopic (exact) mass is 224 g/mol. The molecule has 0 aromatic carbocycles. The SMILES string of the molecule is Cc1cc(CSCc2cc(C)on2)on1. The van der Waals surface area contributed by atoms with E-state index < -0.39 is 0 Å². The first-order chi connectivity index (χ1) is 7.24. The van der Waals surface area contributed by atoms with Gasteiger partial charge in [0.05, 0.1) is 17.1 Å². The van der Waals surface area contributed by atoms with Crippen molar-refractivity contribution in [3.05, 3.63) is 35.0 Å². The van der Waals surface area contributed by atoms with Crippen LogP contribution in [0.2, 0.25) is 0 Å². The topological polar surface area (TPSA) is 52.1 Å². The molecule has 0 saturated carbocycles. The number of hydrogen-bond donors (Lipinski definition) is 0. The normalized spacial score (nSPS) is 10.8. The molecule has 0 saturated heterocycles. The minimum atomic E-state index is 0.812. The van der Waals surface area contributed by atoms with Gasteiger partial charge in [0.25, 0.3) is 0 Å². The molecule has 0 atom stereocenters. The molecule has 0 spiro atoms. The number of nitrogens with zero attached hydrogens (tertiary/aromatic N) is 2. The van der Waals surface area contributed by atoms with E-state index in [1.165, 1.54) is 0 Å². The van der Waals surface area contributed by atoms with E-state index in [1.807, 2.05) is 26.0 Å². The third-order valence-corrected chi connectivity index (χ3v) is 2.84. The van der Waals surface area contributed by atoms with Crippen molar-refractivity contribution in [1.29, 1.82) is 0 Å². The highest BCUT2D eigenvalue weighted by molar-refractivity contribution is 7.97. The predicted octanol–water partition coefficient (Wildman–Crippen LogP) is 2.71. The van der Waals surface area contributed by atoms with Crippen molar-refractivity contribution in [2.45, 2.75) is 25.4 Å². The molecule has 0 amide bonds. The molecule has 2 heterocycles. The second kappa shape index (κ2) is 4.53. The molecular weight excluding hydrogens is 212 g/mol. The zero-order valence-corrected chi connectivity index (χ0v) is 9.50. The van der Waals surface area contributed by atoms with E-state index in [-0.39, 0.29) is 0 Å². The summed E-state index contributed by atoms with van der Waals surface area (Å²) in [5.74, 6) is 3.39. The molecule has 0 unspecified atom stereocenters. The summed E-state index contributed by atoms with van der Waals surface area (Å²) in [5.41, 5.74) is 1.89. The Kier molecular flexibility index (Phi) is 3.11. The molecule has 0 N–H and O–H groups in total. The molecule has 0 bridgehead atoms. The first-order valence-corrected chi connectivity index (χ1v) is 5.81. The van der Waals surface area contributed by atoms with Crippen LogP contribution in [0.3, 0.4) is 0 Å². The number of rotatable bonds is 4. The van der Waals surface area contributed by atoms with Gasteiger partial charge >= 0.3 is 0 Å². The van der Waals surface area contributed by atoms with Gasteiger partial charge in [-0.15, -0.1) is 11.8 Å². The highest BCUT2D eigenvalue weighted by Crippen LogP contribution is 2.17. The van der Waals surface area contributed by atoms with Gasteiger partial charge in [-0.1, -0.05) is 10.3 Å². The summed E-state index contributed by atoms with van der Waals surface area (Å²) in [7, 11) is 0. The summed E-state index contributed by atoms with van der Waals surface area (Å²) < 4.78 is 10.1. The fraction of sp³-hybridized carbons (Fsp3) is 0.400. The highest BCUT2D eigenvalue weighted by atomic mass is 32.2. The maximum atomic E-state index is 5.09. The van der Waals surface area contributed by atoms with Crippen molar-refractivity contribution in [2.75, 3.05) is 0 Å². The van der Waals surface area contributed by atoms with Crippen LogP contribution in [-0.2, 0) is 11.5 Å². The van der Waals surface area contributed by atoms with Gasteiger partial charge in [0.15, 0.2) is 0 Å². The van der Waals surface area contributed by atoms with Gasteiger partial charge in [-0.2, -0.15) is 0 Å². The molecule has 15 heavy (non-hydrogen) atoms. The van der Waals surface area contributed by atoms with Gasteiger partial charge in [-0.3, -0.25) is 0 Å². The van der Waals surface area contributed by atoms with Gasteiger partial charge in [-0.25, -0.2) is 0 Å². The molecule has 80 valence electrons. The van der Waals surface area contributed by atoms with Crippen LogP contribution in [0, 0.1) is 13.8 Å². The van der Waals surface area contributed by atoms with Crippen molar-refractivity contribution in [3.8, 4) is 0 Å². The second-order valence-corrected chi connectivity index (χ2v) is 4.34. The van der Waals surface area contributed by atoms with Crippen LogP contribution >= 0.6 is 11.8 Å². The molecule has 0 aliphatic rings. The van der Waals surface area contributed by atoms with Gasteiger partial charge < -0.3 is 9.05 Å². The lowest BCUT2D eigenvalue weighted by Crippen LogP contribution is -1.81. The van der Waals surface area contributed by atoms with Gasteiger partial charge in [-0.05, 0) is 13.8 Å². The van der Waals surface area contributed by atoms with Crippen LogP contribution in [0.15, 0.2) is 21.2 Å². The zero-order chi connectivity index (χ0) is 10.7. The van der Waals surface area contributed by atoms with Crippen LogP contribution in [0.4, 0.5) is 0 Å². The minimum Gasteiger partial charge on any atom is -0.361 e. The Labute approximate surface area is 92.0 Å². The van der Waals surface area contributed by atoms with Crippen molar-refractivity contribution >= 4 is 11.8 Å². The fourth-order valence-electron chi connectivity index (χ4n) is 1.23. The van der Waals surface area contributed by atoms with Crippen LogP contribution in [-0.4, -0.2) is 10.3 Å². The van der Waals surface area contributed by atoms with Gasteiger partial charge in [0, 0.05) is 17.9 Å². The number of aryl methyl sites for hydroxylation is 2. The van der Waals surface area contributed by atoms with E-state index in [4.69, 9.17) is 9.05 Å². The van der Waals surface area contributed by atoms with E-state index in [0.717, 1.165) is 34.4 Å². The van der Waals surface area contributed by atoms with E-state index >= 15 is 0 Å². The van der Waals surface area contributed by atoms with Gasteiger partial charge in [0.1, 0.15) is 11.5 Å². The lowest BCUT2D eigenvalue weighted by atomic mass is 10.4. The number of thioether (sulfide) groups is 1. The Balaban J connectivity index is 1.80. The van der Waals surface area contributed by atoms with Crippen LogP contribution in [0.5, 0.6) is 0 Å². The molecule has 2 rings (SSSR count). The first-order valence-electron chi connectivity index (χ1n) is 4.66. The third-order valence-electron chi connectivity index (χ3n) is 1.85. The molecule has 0 fully saturated rings. The maximum Gasteiger partial charge on any atom is 0.146 e. The smallest absolute Gasteiger partial charge is 0.146 e. The highest BCUT2D eigenvalue weighted by Gasteiger charge is 2.03. The zero-order valence-electron chi connectivity index (χ0n) is 8.69. The van der Waals surface area contributed by atoms with Crippen molar-refractivity contribution in [1.82, 2.24) is 10.3 Å². The molecule has 0 aliphatic heterocycles. The Morgan fingerprint density at radius 3 is 2.60 bits per heavy atom. The fourth-order valence-corrected chi connectivity index (χ4v) is 2.01. The number of hydrogen-bond acceptors (Lipinski definition) is 5. The van der Waals surface area contributed by atoms with E-state index in [2.05, 4.69) is 10.3 Å². The lowest BCUT2D eigenvalue weighted by molar-refractivity contribution is 0.390. The van der Waals surface area contributed by atoms with Crippen LogP contribution < -0.4 is 0 Å². The summed E-state index contributed by atoms with van der Waals surface area (Å²) >= 11 is 1.73. The standard InChI is InChI=1S/C10H12N2O2S/c1-7-3-10(14-11-7)6-15-5-9-4-8(2)13-12-9/h3-4H,5-6H2,1-2H3. The predicted molar refractivity (Wildman–Crippen MR) is 57.5 cm³/mol. The quantitative estimate of drug-likeness (QED) is 0.799. The van der Waals surface area contributed by atoms with Gasteiger partial charge in [0.2, 0.25) is 0 Å². The largest absolute Gasteiger partial charge is 0.361 e. The molecule has 0 aliphatic carbocycles. The minimum absolute atomic E-state index is 0.812. The van der Waals surface area contributed by atoms with Crippen LogP contribution in [0.25, 0.3) is 0 Å². The molecule has 0 radical (unpaired) electrons. The van der Waals surface area contributed by atoms with Crippen molar-refractivity contribution in [3.63, 3.8) is 0 Å². The van der Waals surface area contributed by atoms with Crippen molar-refractivity contribution < 1.29 is 9.05 Å². The average molecular weight is 224 g/mol. The average Bonchev–Trinajstić information content (AvgIpc) is 2.76. The van der Waals surface area contributed by atoms with E-state index in [0.29, 0.717) is 0 Å². The summed E-state index contributed by atoms with van der Waals surface area (Å²) in [5, 5.41) is 7.73. The second-order valence-electron chi connectivity index (χ2n) is 3.36. The molecule has 2 aromatic rings. The maximum absolute atomic E-state index is 5.09. The van der Waals surface area contributed by atoms with E-state index in [1.54, 1.807) is 11.8 Å². The third kappa shape index (κ3) is 2.86. The summed E-state index contributed by atoms with van der Waals surface area (Å²) in [6.07, 6.45) is 0. The Hall–Kier alpha value is -1.23. The summed E-state index contributed by atoms with van der Waals surface area (Å²) in [6, 6.07) is 3.89. The Morgan fingerprint density at radius 2 is 2.00 bits per heavy atom. The summed E-state index contributed by atoms with van der Waals surface area (Å²) in [6.45, 7) is 3.81. The molecule has 4 nitrogen and oxygen atoms in total. The lowest BCUT2D eigenvalue weighted by Gasteiger charge is -1.93. The van der Waals surface area contributed by atoms with Crippen molar-refractivity contribution in [2.24, 2.45) is 0 Å². The number of aromatic nitrogens is 2. The summed E-state index contributed by atoms with van der Waals surface area (Å²) in [4.78, 5) is 0. The Morgan fingerprint density at radius 1 is 1.13 bits per heavy atom. The van der Waals surface area contributed by atoms with Crippen LogP contribution in [0.1, 0.15) is 22.9 Å².